The van der Waals surface area contributed by atoms with Gasteiger partial charge in [0.1, 0.15) is 0 Å². The van der Waals surface area contributed by atoms with E-state index < -0.39 is 11.4 Å². The molecule has 40 heavy (non-hydrogen) atoms. The van der Waals surface area contributed by atoms with Gasteiger partial charge in [0.2, 0.25) is 11.6 Å². The van der Waals surface area contributed by atoms with Crippen LogP contribution in [0.2, 0.25) is 0 Å². The molecule has 1 fully saturated rings. The number of ether oxygens (including phenoxy) is 1. The third-order valence-corrected chi connectivity index (χ3v) is 7.53. The molecule has 1 aliphatic heterocycles. The lowest BCUT2D eigenvalue weighted by molar-refractivity contribution is 0.145. The van der Waals surface area contributed by atoms with Crippen LogP contribution in [-0.2, 0) is 6.54 Å². The van der Waals surface area contributed by atoms with Gasteiger partial charge in [-0.15, -0.1) is 0 Å². The van der Waals surface area contributed by atoms with Crippen LogP contribution in [0.15, 0.2) is 65.8 Å². The minimum atomic E-state index is -0.903. The first kappa shape index (κ1) is 25.6. The predicted molar refractivity (Wildman–Crippen MR) is 149 cm³/mol. The highest BCUT2D eigenvalue weighted by Gasteiger charge is 2.19. The van der Waals surface area contributed by atoms with Gasteiger partial charge in [-0.2, -0.15) is 9.65 Å². The summed E-state index contributed by atoms with van der Waals surface area (Å²) >= 11 is 0. The molecular weight excluding hydrogens is 509 g/mol. The number of hydrogen-bond acceptors (Lipinski definition) is 7. The standard InChI is InChI=1S/C30H28FN7O2/c1-2-36-10-8-20(9-11-36)19-40-24-15-33-28(34-16-24)23-5-3-4-22(12-23)17-38-29(39)25(31)18-37-27-13-21(14-32)6-7-26(27)35-30(37)38/h3-7,12-13,15-16,18,20H,2,8-11,17,19H2,1H3. The molecule has 0 aliphatic carbocycles. The minimum Gasteiger partial charge on any atom is -0.490 e. The average Bonchev–Trinajstić information content (AvgIpc) is 3.36. The zero-order chi connectivity index (χ0) is 27.6. The van der Waals surface area contributed by atoms with Gasteiger partial charge in [-0.1, -0.05) is 25.1 Å². The van der Waals surface area contributed by atoms with Gasteiger partial charge in [-0.3, -0.25) is 13.8 Å². The van der Waals surface area contributed by atoms with Gasteiger partial charge in [-0.25, -0.2) is 15.0 Å². The molecule has 4 heterocycles. The van der Waals surface area contributed by atoms with Crippen molar-refractivity contribution in [1.29, 1.82) is 5.26 Å². The summed E-state index contributed by atoms with van der Waals surface area (Å²) < 4.78 is 23.5. The molecule has 0 amide bonds. The van der Waals surface area contributed by atoms with Crippen LogP contribution in [-0.4, -0.2) is 55.1 Å². The van der Waals surface area contributed by atoms with Gasteiger partial charge in [0.25, 0.3) is 5.56 Å². The molecule has 0 atom stereocenters. The molecule has 9 nitrogen and oxygen atoms in total. The van der Waals surface area contributed by atoms with Crippen LogP contribution in [0.25, 0.3) is 28.2 Å². The number of nitriles is 1. The molecule has 0 spiro atoms. The van der Waals surface area contributed by atoms with Gasteiger partial charge in [0, 0.05) is 5.56 Å². The van der Waals surface area contributed by atoms with Crippen molar-refractivity contribution in [3.63, 3.8) is 0 Å². The van der Waals surface area contributed by atoms with E-state index in [4.69, 9.17) is 4.74 Å². The second kappa shape index (κ2) is 10.9. The van der Waals surface area contributed by atoms with Crippen LogP contribution in [0.5, 0.6) is 5.75 Å². The largest absolute Gasteiger partial charge is 0.490 e. The van der Waals surface area contributed by atoms with Crippen molar-refractivity contribution in [2.75, 3.05) is 26.2 Å². The Kier molecular flexibility index (Phi) is 6.97. The topological polar surface area (TPSA) is 101 Å². The lowest BCUT2D eigenvalue weighted by atomic mass is 9.98. The number of nitrogens with zero attached hydrogens (tertiary/aromatic N) is 7. The molecule has 202 valence electrons. The number of benzene rings is 2. The lowest BCUT2D eigenvalue weighted by Crippen LogP contribution is -2.35. The van der Waals surface area contributed by atoms with Crippen molar-refractivity contribution in [2.24, 2.45) is 5.92 Å². The fraction of sp³-hybridized carbons (Fsp3) is 0.300. The molecule has 0 bridgehead atoms. The highest BCUT2D eigenvalue weighted by Crippen LogP contribution is 2.22. The molecule has 5 aromatic rings. The average molecular weight is 538 g/mol. The number of imidazole rings is 1. The summed E-state index contributed by atoms with van der Waals surface area (Å²) in [4.78, 5) is 28.8. The summed E-state index contributed by atoms with van der Waals surface area (Å²) in [5.41, 5.74) is 2.30. The van der Waals surface area contributed by atoms with E-state index in [0.29, 0.717) is 46.5 Å². The number of rotatable bonds is 7. The van der Waals surface area contributed by atoms with Crippen LogP contribution in [0, 0.1) is 23.1 Å². The molecule has 10 heteroatoms. The van der Waals surface area contributed by atoms with E-state index in [0.717, 1.165) is 49.8 Å². The second-order valence-corrected chi connectivity index (χ2v) is 10.1. The first-order chi connectivity index (χ1) is 19.5. The van der Waals surface area contributed by atoms with Crippen LogP contribution in [0.3, 0.4) is 0 Å². The molecule has 0 N–H and O–H groups in total. The fourth-order valence-electron chi connectivity index (χ4n) is 5.21. The zero-order valence-electron chi connectivity index (χ0n) is 22.1. The molecule has 6 rings (SSSR count). The van der Waals surface area contributed by atoms with E-state index in [9.17, 15) is 14.4 Å². The van der Waals surface area contributed by atoms with E-state index >= 15 is 0 Å². The first-order valence-corrected chi connectivity index (χ1v) is 13.4. The Morgan fingerprint density at radius 3 is 2.67 bits per heavy atom. The molecular formula is C30H28FN7O2. The molecule has 0 radical (unpaired) electrons. The summed E-state index contributed by atoms with van der Waals surface area (Å²) in [5, 5.41) is 9.26. The van der Waals surface area contributed by atoms with E-state index in [-0.39, 0.29) is 6.54 Å². The van der Waals surface area contributed by atoms with Crippen LogP contribution in [0.4, 0.5) is 4.39 Å². The SMILES string of the molecule is CCN1CCC(COc2cnc(-c3cccc(Cn4c(=O)c(F)cn5c6cc(C#N)ccc6nc45)c3)nc2)CC1. The number of halogens is 1. The van der Waals surface area contributed by atoms with E-state index in [2.05, 4.69) is 32.8 Å². The summed E-state index contributed by atoms with van der Waals surface area (Å²) in [6.07, 6.45) is 6.75. The number of hydrogen-bond donors (Lipinski definition) is 0. The molecule has 1 aliphatic rings. The Balaban J connectivity index is 1.22. The van der Waals surface area contributed by atoms with Crippen molar-refractivity contribution in [3.05, 3.63) is 88.4 Å². The smallest absolute Gasteiger partial charge is 0.291 e. The molecule has 1 saturated heterocycles. The van der Waals surface area contributed by atoms with Crippen LogP contribution < -0.4 is 10.3 Å². The van der Waals surface area contributed by atoms with Crippen LogP contribution in [0.1, 0.15) is 30.9 Å². The number of aromatic nitrogens is 5. The number of piperidine rings is 1. The highest BCUT2D eigenvalue weighted by atomic mass is 19.1. The Morgan fingerprint density at radius 2 is 1.93 bits per heavy atom. The number of fused-ring (bicyclic) bond motifs is 3. The predicted octanol–water partition coefficient (Wildman–Crippen LogP) is 4.28. The third-order valence-electron chi connectivity index (χ3n) is 7.53. The lowest BCUT2D eigenvalue weighted by Gasteiger charge is -2.30. The molecule has 0 saturated carbocycles. The summed E-state index contributed by atoms with van der Waals surface area (Å²) in [5.74, 6) is 1.09. The molecule has 3 aromatic heterocycles. The quantitative estimate of drug-likeness (QED) is 0.306. The second-order valence-electron chi connectivity index (χ2n) is 10.1. The van der Waals surface area contributed by atoms with E-state index in [1.54, 1.807) is 30.6 Å². The van der Waals surface area contributed by atoms with Crippen molar-refractivity contribution in [1.82, 2.24) is 28.8 Å². The van der Waals surface area contributed by atoms with Crippen molar-refractivity contribution in [2.45, 2.75) is 26.3 Å². The maximum atomic E-state index is 14.7. The Labute approximate surface area is 230 Å². The van der Waals surface area contributed by atoms with Crippen LogP contribution >= 0.6 is 0 Å². The monoisotopic (exact) mass is 537 g/mol. The maximum Gasteiger partial charge on any atom is 0.291 e. The van der Waals surface area contributed by atoms with Crippen molar-refractivity contribution >= 4 is 16.8 Å². The van der Waals surface area contributed by atoms with Gasteiger partial charge in [0.15, 0.2) is 11.6 Å². The summed E-state index contributed by atoms with van der Waals surface area (Å²) in [6, 6.07) is 14.5. The van der Waals surface area contributed by atoms with E-state index in [1.807, 2.05) is 24.3 Å². The van der Waals surface area contributed by atoms with Crippen molar-refractivity contribution in [3.8, 4) is 23.2 Å². The third kappa shape index (κ3) is 5.03. The van der Waals surface area contributed by atoms with Gasteiger partial charge < -0.3 is 9.64 Å². The van der Waals surface area contributed by atoms with Crippen molar-refractivity contribution < 1.29 is 9.13 Å². The maximum absolute atomic E-state index is 14.7. The van der Waals surface area contributed by atoms with Gasteiger partial charge in [0.05, 0.1) is 54.4 Å². The summed E-state index contributed by atoms with van der Waals surface area (Å²) in [6.45, 7) is 6.27. The Bertz CT molecular complexity index is 1780. The first-order valence-electron chi connectivity index (χ1n) is 13.4. The Morgan fingerprint density at radius 1 is 1.12 bits per heavy atom. The van der Waals surface area contributed by atoms with Gasteiger partial charge in [-0.05, 0) is 68.2 Å². The minimum absolute atomic E-state index is 0.0976. The summed E-state index contributed by atoms with van der Waals surface area (Å²) in [7, 11) is 0. The highest BCUT2D eigenvalue weighted by molar-refractivity contribution is 5.81. The zero-order valence-corrected chi connectivity index (χ0v) is 22.1. The normalized spacial score (nSPS) is 14.5. The number of likely N-dealkylation sites (tertiary alicyclic amines) is 1. The Hall–Kier alpha value is -4.62. The molecule has 0 unspecified atom stereocenters. The molecule has 2 aromatic carbocycles. The van der Waals surface area contributed by atoms with E-state index in [1.165, 1.54) is 8.97 Å². The fourth-order valence-corrected chi connectivity index (χ4v) is 5.21. The van der Waals surface area contributed by atoms with Gasteiger partial charge >= 0.3 is 0 Å².